The Labute approximate surface area is 176 Å². The molecule has 0 aromatic heterocycles. The van der Waals surface area contributed by atoms with Crippen molar-refractivity contribution >= 4 is 0 Å². The summed E-state index contributed by atoms with van der Waals surface area (Å²) in [6.07, 6.45) is 5.52. The molecule has 29 heavy (non-hydrogen) atoms. The van der Waals surface area contributed by atoms with Crippen LogP contribution in [0.25, 0.3) is 0 Å². The molecule has 10 N–H and O–H groups in total. The van der Waals surface area contributed by atoms with Gasteiger partial charge in [-0.15, -0.1) is 0 Å². The minimum atomic E-state index is -0.183. The van der Waals surface area contributed by atoms with E-state index >= 15 is 0 Å². The monoisotopic (exact) mass is 422 g/mol. The van der Waals surface area contributed by atoms with Crippen molar-refractivity contribution in [3.05, 3.63) is 0 Å². The van der Waals surface area contributed by atoms with E-state index in [0.29, 0.717) is 26.2 Å². The van der Waals surface area contributed by atoms with Crippen LogP contribution in [0.3, 0.4) is 0 Å². The van der Waals surface area contributed by atoms with Gasteiger partial charge in [0.05, 0.1) is 50.8 Å². The van der Waals surface area contributed by atoms with Crippen LogP contribution in [0.5, 0.6) is 0 Å². The smallest absolute Gasteiger partial charge is 0.0842 e. The lowest BCUT2D eigenvalue weighted by molar-refractivity contribution is -0.154. The highest BCUT2D eigenvalue weighted by Gasteiger charge is 2.30. The van der Waals surface area contributed by atoms with Crippen molar-refractivity contribution in [1.29, 1.82) is 0 Å². The van der Waals surface area contributed by atoms with E-state index in [0.717, 1.165) is 51.4 Å². The Morgan fingerprint density at radius 1 is 0.517 bits per heavy atom. The SMILES string of the molecule is NCCCC(OCCO)C(CCCN)OC(CCCN)C(CCCN)OCCO. The topological polar surface area (TPSA) is 172 Å². The molecule has 0 spiro atoms. The summed E-state index contributed by atoms with van der Waals surface area (Å²) in [5.74, 6) is 0. The second-order valence-electron chi connectivity index (χ2n) is 7.20. The van der Waals surface area contributed by atoms with Crippen molar-refractivity contribution in [1.82, 2.24) is 0 Å². The van der Waals surface area contributed by atoms with Gasteiger partial charge in [0.25, 0.3) is 0 Å². The Morgan fingerprint density at radius 3 is 1.10 bits per heavy atom. The molecular formula is C20H46N4O5. The second kappa shape index (κ2) is 20.9. The molecule has 4 unspecified atom stereocenters. The molecule has 0 aromatic rings. The number of ether oxygens (including phenoxy) is 3. The van der Waals surface area contributed by atoms with Gasteiger partial charge in [0.2, 0.25) is 0 Å². The molecule has 4 atom stereocenters. The summed E-state index contributed by atoms with van der Waals surface area (Å²) in [5, 5.41) is 18.4. The lowest BCUT2D eigenvalue weighted by atomic mass is 10.00. The lowest BCUT2D eigenvalue weighted by Crippen LogP contribution is -2.42. The summed E-state index contributed by atoms with van der Waals surface area (Å²) in [6, 6.07) is 0. The summed E-state index contributed by atoms with van der Waals surface area (Å²) in [5.41, 5.74) is 22.9. The molecule has 0 amide bonds. The van der Waals surface area contributed by atoms with Crippen LogP contribution in [-0.2, 0) is 14.2 Å². The molecule has 0 radical (unpaired) electrons. The van der Waals surface area contributed by atoms with Gasteiger partial charge in [0.15, 0.2) is 0 Å². The van der Waals surface area contributed by atoms with E-state index in [1.807, 2.05) is 0 Å². The van der Waals surface area contributed by atoms with Crippen LogP contribution in [-0.4, -0.2) is 87.2 Å². The second-order valence-corrected chi connectivity index (χ2v) is 7.20. The standard InChI is InChI=1S/C20H46N4O5/c21-9-1-5-17(27-15-13-25)19(7-3-11-23)29-20(8-4-12-24)18(6-2-10-22)28-16-14-26/h17-20,25-26H,1-16,21-24H2. The Balaban J connectivity index is 5.37. The van der Waals surface area contributed by atoms with Crippen molar-refractivity contribution in [2.75, 3.05) is 52.6 Å². The minimum absolute atomic E-state index is 0.0436. The fourth-order valence-electron chi connectivity index (χ4n) is 3.35. The minimum Gasteiger partial charge on any atom is -0.394 e. The predicted octanol–water partition coefficient (Wildman–Crippen LogP) is -0.549. The summed E-state index contributed by atoms with van der Waals surface area (Å²) >= 11 is 0. The molecule has 0 rings (SSSR count). The molecule has 9 heteroatoms. The zero-order valence-electron chi connectivity index (χ0n) is 18.1. The van der Waals surface area contributed by atoms with E-state index < -0.39 is 0 Å². The van der Waals surface area contributed by atoms with E-state index in [2.05, 4.69) is 0 Å². The van der Waals surface area contributed by atoms with Crippen LogP contribution in [0.15, 0.2) is 0 Å². The third-order valence-electron chi connectivity index (χ3n) is 4.80. The number of aliphatic hydroxyl groups excluding tert-OH is 2. The Bertz CT molecular complexity index is 296. The fraction of sp³-hybridized carbons (Fsp3) is 1.00. The number of nitrogens with two attached hydrogens (primary N) is 4. The molecule has 0 saturated heterocycles. The first kappa shape index (κ1) is 28.6. The average molecular weight is 423 g/mol. The molecule has 0 fully saturated rings. The zero-order valence-corrected chi connectivity index (χ0v) is 18.1. The maximum atomic E-state index is 9.20. The van der Waals surface area contributed by atoms with Gasteiger partial charge in [0.1, 0.15) is 0 Å². The van der Waals surface area contributed by atoms with Crippen LogP contribution in [0, 0.1) is 0 Å². The zero-order chi connectivity index (χ0) is 21.7. The molecule has 0 bridgehead atoms. The molecule has 0 aliphatic carbocycles. The van der Waals surface area contributed by atoms with Crippen molar-refractivity contribution in [3.63, 3.8) is 0 Å². The number of aliphatic hydroxyl groups is 2. The van der Waals surface area contributed by atoms with Gasteiger partial charge in [-0.1, -0.05) is 0 Å². The van der Waals surface area contributed by atoms with E-state index in [-0.39, 0.29) is 50.8 Å². The van der Waals surface area contributed by atoms with Gasteiger partial charge in [0, 0.05) is 0 Å². The van der Waals surface area contributed by atoms with Crippen LogP contribution in [0.4, 0.5) is 0 Å². The quantitative estimate of drug-likeness (QED) is 0.134. The van der Waals surface area contributed by atoms with Crippen molar-refractivity contribution in [2.24, 2.45) is 22.9 Å². The van der Waals surface area contributed by atoms with Crippen LogP contribution in [0.1, 0.15) is 51.4 Å². The Kier molecular flexibility index (Phi) is 20.6. The van der Waals surface area contributed by atoms with Crippen LogP contribution < -0.4 is 22.9 Å². The van der Waals surface area contributed by atoms with Gasteiger partial charge in [-0.3, -0.25) is 0 Å². The maximum absolute atomic E-state index is 9.20. The third kappa shape index (κ3) is 14.3. The highest BCUT2D eigenvalue weighted by Crippen LogP contribution is 2.23. The van der Waals surface area contributed by atoms with E-state index in [1.165, 1.54) is 0 Å². The van der Waals surface area contributed by atoms with Crippen molar-refractivity contribution in [2.45, 2.75) is 75.8 Å². The molecule has 0 heterocycles. The van der Waals surface area contributed by atoms with Crippen molar-refractivity contribution in [3.8, 4) is 0 Å². The predicted molar refractivity (Wildman–Crippen MR) is 115 cm³/mol. The maximum Gasteiger partial charge on any atom is 0.0842 e. The summed E-state index contributed by atoms with van der Waals surface area (Å²) in [6.45, 7) is 2.68. The third-order valence-corrected chi connectivity index (χ3v) is 4.80. The normalized spacial score (nSPS) is 15.9. The molecule has 176 valence electrons. The number of hydrogen-bond acceptors (Lipinski definition) is 9. The summed E-state index contributed by atoms with van der Waals surface area (Å²) < 4.78 is 18.4. The Hall–Kier alpha value is -0.360. The molecule has 0 aliphatic rings. The van der Waals surface area contributed by atoms with Crippen molar-refractivity contribution < 1.29 is 24.4 Å². The van der Waals surface area contributed by atoms with Crippen LogP contribution >= 0.6 is 0 Å². The largest absolute Gasteiger partial charge is 0.394 e. The van der Waals surface area contributed by atoms with Gasteiger partial charge < -0.3 is 47.4 Å². The van der Waals surface area contributed by atoms with Gasteiger partial charge in [-0.05, 0) is 77.5 Å². The average Bonchev–Trinajstić information content (AvgIpc) is 2.74. The molecule has 0 saturated carbocycles. The summed E-state index contributed by atoms with van der Waals surface area (Å²) in [4.78, 5) is 0. The van der Waals surface area contributed by atoms with Gasteiger partial charge in [-0.2, -0.15) is 0 Å². The fourth-order valence-corrected chi connectivity index (χ4v) is 3.35. The molecule has 9 nitrogen and oxygen atoms in total. The van der Waals surface area contributed by atoms with E-state index in [4.69, 9.17) is 37.1 Å². The Morgan fingerprint density at radius 2 is 0.828 bits per heavy atom. The first-order valence-electron chi connectivity index (χ1n) is 11.1. The number of hydrogen-bond donors (Lipinski definition) is 6. The molecular weight excluding hydrogens is 376 g/mol. The molecule has 0 aromatic carbocycles. The van der Waals surface area contributed by atoms with E-state index in [1.54, 1.807) is 0 Å². The van der Waals surface area contributed by atoms with Gasteiger partial charge >= 0.3 is 0 Å². The first-order valence-corrected chi connectivity index (χ1v) is 11.1. The van der Waals surface area contributed by atoms with Crippen LogP contribution in [0.2, 0.25) is 0 Å². The van der Waals surface area contributed by atoms with Gasteiger partial charge in [-0.25, -0.2) is 0 Å². The highest BCUT2D eigenvalue weighted by atomic mass is 16.6. The first-order chi connectivity index (χ1) is 14.2. The molecule has 0 aliphatic heterocycles. The summed E-state index contributed by atoms with van der Waals surface area (Å²) in [7, 11) is 0. The highest BCUT2D eigenvalue weighted by molar-refractivity contribution is 4.79. The lowest BCUT2D eigenvalue weighted by Gasteiger charge is -2.35. The number of rotatable bonds is 22. The van der Waals surface area contributed by atoms with E-state index in [9.17, 15) is 10.2 Å².